The molecule has 1 amide bonds. The molecule has 6 nitrogen and oxygen atoms in total. The Morgan fingerprint density at radius 3 is 2.90 bits per heavy atom. The van der Waals surface area contributed by atoms with E-state index in [9.17, 15) is 4.79 Å². The minimum atomic E-state index is -0.0727. The Morgan fingerprint density at radius 1 is 1.52 bits per heavy atom. The van der Waals surface area contributed by atoms with Gasteiger partial charge < -0.3 is 9.64 Å². The molecule has 1 aromatic rings. The number of hydrogen-bond acceptors (Lipinski definition) is 5. The lowest BCUT2D eigenvalue weighted by Crippen LogP contribution is -2.39. The first-order chi connectivity index (χ1) is 10.1. The lowest BCUT2D eigenvalue weighted by atomic mass is 10.1. The zero-order chi connectivity index (χ0) is 15.2. The molecule has 21 heavy (non-hydrogen) atoms. The third-order valence-corrected chi connectivity index (χ3v) is 3.95. The summed E-state index contributed by atoms with van der Waals surface area (Å²) in [5.74, 6) is 0.928. The predicted octanol–water partition coefficient (Wildman–Crippen LogP) is 0.792. The highest BCUT2D eigenvalue weighted by Gasteiger charge is 2.31. The first-order valence-electron chi connectivity index (χ1n) is 7.35. The fourth-order valence-corrected chi connectivity index (χ4v) is 2.70. The molecular formula is C15H24N4O2. The van der Waals surface area contributed by atoms with Gasteiger partial charge in [-0.2, -0.15) is 0 Å². The fraction of sp³-hybridized carbons (Fsp3) is 0.667. The largest absolute Gasteiger partial charge is 0.384 e. The Bertz CT molecular complexity index is 454. The first kappa shape index (κ1) is 15.9. The van der Waals surface area contributed by atoms with Crippen molar-refractivity contribution < 1.29 is 9.53 Å². The number of carbonyl (C=O) groups excluding carboxylic acids is 1. The smallest absolute Gasteiger partial charge is 0.227 e. The SMILES string of the molecule is COCC(C)C(=O)N1CCC(N(C)Cc2ncccn2)C1. The minimum Gasteiger partial charge on any atom is -0.384 e. The molecule has 1 aliphatic rings. The van der Waals surface area contributed by atoms with Crippen molar-refractivity contribution in [3.05, 3.63) is 24.3 Å². The quantitative estimate of drug-likeness (QED) is 0.776. The molecule has 2 heterocycles. The molecule has 0 aliphatic carbocycles. The summed E-state index contributed by atoms with van der Waals surface area (Å²) in [7, 11) is 3.69. The van der Waals surface area contributed by atoms with Crippen molar-refractivity contribution in [3.8, 4) is 0 Å². The number of nitrogens with zero attached hydrogens (tertiary/aromatic N) is 4. The van der Waals surface area contributed by atoms with E-state index in [2.05, 4.69) is 21.9 Å². The van der Waals surface area contributed by atoms with Crippen molar-refractivity contribution in [1.29, 1.82) is 0 Å². The maximum Gasteiger partial charge on any atom is 0.227 e. The standard InChI is InChI=1S/C15H24N4O2/c1-12(11-21-3)15(20)19-8-5-13(9-19)18(2)10-14-16-6-4-7-17-14/h4,6-7,12-13H,5,8-11H2,1-3H3. The molecule has 1 fully saturated rings. The molecule has 2 unspecified atom stereocenters. The van der Waals surface area contributed by atoms with Crippen molar-refractivity contribution in [2.45, 2.75) is 25.9 Å². The average Bonchev–Trinajstić information content (AvgIpc) is 2.97. The lowest BCUT2D eigenvalue weighted by molar-refractivity contribution is -0.135. The Kier molecular flexibility index (Phi) is 5.64. The first-order valence-corrected chi connectivity index (χ1v) is 7.35. The maximum atomic E-state index is 12.3. The molecule has 2 atom stereocenters. The van der Waals surface area contributed by atoms with Crippen molar-refractivity contribution in [1.82, 2.24) is 19.8 Å². The van der Waals surface area contributed by atoms with Gasteiger partial charge in [0, 0.05) is 38.6 Å². The summed E-state index contributed by atoms with van der Waals surface area (Å²) in [6.07, 6.45) is 4.51. The van der Waals surface area contributed by atoms with Gasteiger partial charge in [-0.15, -0.1) is 0 Å². The van der Waals surface area contributed by atoms with Crippen LogP contribution in [0.15, 0.2) is 18.5 Å². The van der Waals surface area contributed by atoms with Crippen molar-refractivity contribution >= 4 is 5.91 Å². The van der Waals surface area contributed by atoms with Gasteiger partial charge in [-0.25, -0.2) is 9.97 Å². The summed E-state index contributed by atoms with van der Waals surface area (Å²) in [5.41, 5.74) is 0. The molecule has 0 saturated carbocycles. The number of ether oxygens (including phenoxy) is 1. The third-order valence-electron chi connectivity index (χ3n) is 3.95. The van der Waals surface area contributed by atoms with Gasteiger partial charge in [0.25, 0.3) is 0 Å². The van der Waals surface area contributed by atoms with Crippen LogP contribution < -0.4 is 0 Å². The van der Waals surface area contributed by atoms with E-state index in [1.165, 1.54) is 0 Å². The van der Waals surface area contributed by atoms with E-state index in [4.69, 9.17) is 4.74 Å². The van der Waals surface area contributed by atoms with Crippen molar-refractivity contribution in [3.63, 3.8) is 0 Å². The zero-order valence-corrected chi connectivity index (χ0v) is 13.0. The second-order valence-electron chi connectivity index (χ2n) is 5.66. The number of hydrogen-bond donors (Lipinski definition) is 0. The summed E-state index contributed by atoms with van der Waals surface area (Å²) in [6, 6.07) is 2.18. The van der Waals surface area contributed by atoms with Crippen LogP contribution in [0.3, 0.4) is 0 Å². The maximum absolute atomic E-state index is 12.3. The van der Waals surface area contributed by atoms with Crippen LogP contribution in [-0.4, -0.2) is 65.6 Å². The van der Waals surface area contributed by atoms with Crippen LogP contribution in [0.25, 0.3) is 0 Å². The lowest BCUT2D eigenvalue weighted by Gasteiger charge is -2.25. The molecule has 0 bridgehead atoms. The number of likely N-dealkylation sites (N-methyl/N-ethyl adjacent to an activating group) is 1. The molecule has 0 radical (unpaired) electrons. The van der Waals surface area contributed by atoms with E-state index in [1.807, 2.05) is 17.9 Å². The van der Waals surface area contributed by atoms with Crippen LogP contribution in [0, 0.1) is 5.92 Å². The van der Waals surface area contributed by atoms with Gasteiger partial charge in [-0.05, 0) is 19.5 Å². The molecule has 116 valence electrons. The van der Waals surface area contributed by atoms with Gasteiger partial charge in [0.2, 0.25) is 5.91 Å². The van der Waals surface area contributed by atoms with Crippen LogP contribution in [-0.2, 0) is 16.1 Å². The molecular weight excluding hydrogens is 268 g/mol. The summed E-state index contributed by atoms with van der Waals surface area (Å²) in [6.45, 7) is 4.70. The number of methoxy groups -OCH3 is 1. The topological polar surface area (TPSA) is 58.6 Å². The summed E-state index contributed by atoms with van der Waals surface area (Å²) < 4.78 is 5.06. The Hall–Kier alpha value is -1.53. The molecule has 1 saturated heterocycles. The Balaban J connectivity index is 1.85. The highest BCUT2D eigenvalue weighted by molar-refractivity contribution is 5.79. The second-order valence-corrected chi connectivity index (χ2v) is 5.66. The molecule has 6 heteroatoms. The number of rotatable bonds is 6. The Labute approximate surface area is 126 Å². The molecule has 1 aliphatic heterocycles. The van der Waals surface area contributed by atoms with Gasteiger partial charge >= 0.3 is 0 Å². The monoisotopic (exact) mass is 292 g/mol. The van der Waals surface area contributed by atoms with Gasteiger partial charge in [0.05, 0.1) is 19.1 Å². The second kappa shape index (κ2) is 7.47. The molecule has 1 aromatic heterocycles. The average molecular weight is 292 g/mol. The van der Waals surface area contributed by atoms with Gasteiger partial charge in [-0.3, -0.25) is 9.69 Å². The van der Waals surface area contributed by atoms with Crippen LogP contribution in [0.5, 0.6) is 0 Å². The van der Waals surface area contributed by atoms with E-state index in [0.717, 1.165) is 25.3 Å². The van der Waals surface area contributed by atoms with Gasteiger partial charge in [0.15, 0.2) is 0 Å². The predicted molar refractivity (Wildman–Crippen MR) is 79.5 cm³/mol. The zero-order valence-electron chi connectivity index (χ0n) is 13.0. The highest BCUT2D eigenvalue weighted by Crippen LogP contribution is 2.18. The van der Waals surface area contributed by atoms with E-state index < -0.39 is 0 Å². The van der Waals surface area contributed by atoms with Crippen LogP contribution in [0.1, 0.15) is 19.2 Å². The summed E-state index contributed by atoms with van der Waals surface area (Å²) in [4.78, 5) is 24.9. The van der Waals surface area contributed by atoms with E-state index in [-0.39, 0.29) is 11.8 Å². The number of carbonyl (C=O) groups is 1. The van der Waals surface area contributed by atoms with Crippen molar-refractivity contribution in [2.75, 3.05) is 33.9 Å². The van der Waals surface area contributed by atoms with E-state index >= 15 is 0 Å². The van der Waals surface area contributed by atoms with Gasteiger partial charge in [0.1, 0.15) is 5.82 Å². The third kappa shape index (κ3) is 4.22. The molecule has 0 spiro atoms. The highest BCUT2D eigenvalue weighted by atomic mass is 16.5. The van der Waals surface area contributed by atoms with E-state index in [0.29, 0.717) is 19.2 Å². The number of likely N-dealkylation sites (tertiary alicyclic amines) is 1. The fourth-order valence-electron chi connectivity index (χ4n) is 2.70. The molecule has 0 N–H and O–H groups in total. The van der Waals surface area contributed by atoms with E-state index in [1.54, 1.807) is 19.5 Å². The molecule has 2 rings (SSSR count). The molecule has 0 aromatic carbocycles. The minimum absolute atomic E-state index is 0.0727. The normalized spacial score (nSPS) is 20.0. The van der Waals surface area contributed by atoms with Gasteiger partial charge in [-0.1, -0.05) is 6.92 Å². The summed E-state index contributed by atoms with van der Waals surface area (Å²) in [5, 5.41) is 0. The van der Waals surface area contributed by atoms with Crippen molar-refractivity contribution in [2.24, 2.45) is 5.92 Å². The van der Waals surface area contributed by atoms with Crippen LogP contribution in [0.2, 0.25) is 0 Å². The number of aromatic nitrogens is 2. The summed E-state index contributed by atoms with van der Waals surface area (Å²) >= 11 is 0. The Morgan fingerprint density at radius 2 is 2.24 bits per heavy atom. The number of amides is 1. The van der Waals surface area contributed by atoms with Crippen LogP contribution >= 0.6 is 0 Å². The van der Waals surface area contributed by atoms with Crippen LogP contribution in [0.4, 0.5) is 0 Å².